The summed E-state index contributed by atoms with van der Waals surface area (Å²) >= 11 is 3.22. The first kappa shape index (κ1) is 13.6. The van der Waals surface area contributed by atoms with Gasteiger partial charge in [0.1, 0.15) is 0 Å². The fourth-order valence-electron chi connectivity index (χ4n) is 2.13. The predicted octanol–water partition coefficient (Wildman–Crippen LogP) is 3.77. The second kappa shape index (κ2) is 5.42. The third kappa shape index (κ3) is 3.57. The van der Waals surface area contributed by atoms with Gasteiger partial charge in [-0.2, -0.15) is 13.2 Å². The lowest BCUT2D eigenvalue weighted by Crippen LogP contribution is -2.33. The molecule has 0 aliphatic heterocycles. The van der Waals surface area contributed by atoms with Crippen molar-refractivity contribution in [1.29, 1.82) is 0 Å². The van der Waals surface area contributed by atoms with Gasteiger partial charge in [-0.05, 0) is 41.6 Å². The summed E-state index contributed by atoms with van der Waals surface area (Å²) in [6.45, 7) is 0. The largest absolute Gasteiger partial charge is 0.391 e. The van der Waals surface area contributed by atoms with Crippen LogP contribution in [0.3, 0.4) is 0 Å². The minimum Gasteiger partial charge on any atom is -0.351 e. The van der Waals surface area contributed by atoms with Crippen LogP contribution >= 0.6 is 15.9 Å². The Kier molecular flexibility index (Phi) is 4.09. The van der Waals surface area contributed by atoms with Gasteiger partial charge in [-0.15, -0.1) is 0 Å². The Morgan fingerprint density at radius 1 is 1.11 bits per heavy atom. The zero-order valence-corrected chi connectivity index (χ0v) is 11.1. The first-order valence-corrected chi connectivity index (χ1v) is 6.55. The molecule has 1 saturated carbocycles. The van der Waals surface area contributed by atoms with E-state index < -0.39 is 12.1 Å². The smallest absolute Gasteiger partial charge is 0.351 e. The van der Waals surface area contributed by atoms with Crippen LogP contribution < -0.4 is 5.32 Å². The maximum atomic E-state index is 12.5. The summed E-state index contributed by atoms with van der Waals surface area (Å²) in [6, 6.07) is 0.0322. The van der Waals surface area contributed by atoms with Crippen LogP contribution in [-0.2, 0) is 0 Å². The van der Waals surface area contributed by atoms with Gasteiger partial charge in [-0.1, -0.05) is 0 Å². The minimum atomic E-state index is -4.06. The molecule has 0 bridgehead atoms. The maximum absolute atomic E-state index is 12.5. The van der Waals surface area contributed by atoms with Gasteiger partial charge in [-0.25, -0.2) is 9.97 Å². The van der Waals surface area contributed by atoms with Gasteiger partial charge in [0, 0.05) is 18.4 Å². The zero-order valence-electron chi connectivity index (χ0n) is 9.54. The van der Waals surface area contributed by atoms with Crippen LogP contribution in [0.25, 0.3) is 0 Å². The number of alkyl halides is 3. The fourth-order valence-corrected chi connectivity index (χ4v) is 2.34. The van der Waals surface area contributed by atoms with E-state index in [1.165, 1.54) is 0 Å². The Hall–Kier alpha value is -0.850. The lowest BCUT2D eigenvalue weighted by molar-refractivity contribution is -0.182. The van der Waals surface area contributed by atoms with E-state index >= 15 is 0 Å². The zero-order chi connectivity index (χ0) is 13.2. The van der Waals surface area contributed by atoms with Gasteiger partial charge in [0.25, 0.3) is 0 Å². The average molecular weight is 324 g/mol. The van der Waals surface area contributed by atoms with Gasteiger partial charge in [0.2, 0.25) is 5.95 Å². The van der Waals surface area contributed by atoms with Gasteiger partial charge in [0.05, 0.1) is 10.4 Å². The van der Waals surface area contributed by atoms with Crippen molar-refractivity contribution in [3.63, 3.8) is 0 Å². The monoisotopic (exact) mass is 323 g/mol. The standard InChI is InChI=1S/C11H13BrF3N3/c12-8-5-16-10(17-6-8)18-9-3-1-7(2-4-9)11(13,14)15/h5-7,9H,1-4H2,(H,16,17,18)/t7-,9+. The minimum absolute atomic E-state index is 0.0322. The molecule has 1 heterocycles. The number of hydrogen-bond donors (Lipinski definition) is 1. The normalized spacial score (nSPS) is 24.9. The Morgan fingerprint density at radius 3 is 2.17 bits per heavy atom. The van der Waals surface area contributed by atoms with Crippen LogP contribution in [0.1, 0.15) is 25.7 Å². The number of anilines is 1. The Balaban J connectivity index is 1.85. The molecule has 7 heteroatoms. The highest BCUT2D eigenvalue weighted by Crippen LogP contribution is 2.37. The Morgan fingerprint density at radius 2 is 1.67 bits per heavy atom. The summed E-state index contributed by atoms with van der Waals surface area (Å²) in [7, 11) is 0. The molecule has 1 fully saturated rings. The topological polar surface area (TPSA) is 37.8 Å². The highest BCUT2D eigenvalue weighted by atomic mass is 79.9. The molecule has 1 N–H and O–H groups in total. The molecular formula is C11H13BrF3N3. The summed E-state index contributed by atoms with van der Waals surface area (Å²) in [4.78, 5) is 8.10. The third-order valence-electron chi connectivity index (χ3n) is 3.14. The van der Waals surface area contributed by atoms with E-state index in [-0.39, 0.29) is 18.9 Å². The molecule has 0 spiro atoms. The molecule has 0 amide bonds. The number of rotatable bonds is 2. The van der Waals surface area contributed by atoms with E-state index in [1.54, 1.807) is 12.4 Å². The van der Waals surface area contributed by atoms with Crippen molar-refractivity contribution in [2.24, 2.45) is 5.92 Å². The Labute approximate surface area is 111 Å². The molecule has 0 unspecified atom stereocenters. The number of hydrogen-bond acceptors (Lipinski definition) is 3. The van der Waals surface area contributed by atoms with E-state index in [0.29, 0.717) is 18.8 Å². The molecule has 1 aliphatic rings. The molecule has 2 rings (SSSR count). The number of halogens is 4. The maximum Gasteiger partial charge on any atom is 0.391 e. The molecule has 18 heavy (non-hydrogen) atoms. The third-order valence-corrected chi connectivity index (χ3v) is 3.55. The highest BCUT2D eigenvalue weighted by molar-refractivity contribution is 9.10. The molecule has 0 atom stereocenters. The van der Waals surface area contributed by atoms with Crippen LogP contribution in [0.15, 0.2) is 16.9 Å². The summed E-state index contributed by atoms with van der Waals surface area (Å²) in [5.74, 6) is -0.685. The molecule has 1 aromatic heterocycles. The van der Waals surface area contributed by atoms with Crippen LogP contribution in [0.5, 0.6) is 0 Å². The molecule has 1 aliphatic carbocycles. The number of nitrogens with one attached hydrogen (secondary N) is 1. The van der Waals surface area contributed by atoms with E-state index in [1.807, 2.05) is 0 Å². The molecule has 0 saturated heterocycles. The molecule has 0 aromatic carbocycles. The quantitative estimate of drug-likeness (QED) is 0.900. The first-order chi connectivity index (χ1) is 8.45. The molecule has 1 aromatic rings. The summed E-state index contributed by atoms with van der Waals surface area (Å²) in [5.41, 5.74) is 0. The lowest BCUT2D eigenvalue weighted by atomic mass is 9.86. The summed E-state index contributed by atoms with van der Waals surface area (Å²) in [5, 5.41) is 3.07. The van der Waals surface area contributed by atoms with Crippen molar-refractivity contribution in [2.75, 3.05) is 5.32 Å². The van der Waals surface area contributed by atoms with Gasteiger partial charge < -0.3 is 5.32 Å². The van der Waals surface area contributed by atoms with E-state index in [9.17, 15) is 13.2 Å². The Bertz CT molecular complexity index is 386. The predicted molar refractivity (Wildman–Crippen MR) is 65.2 cm³/mol. The van der Waals surface area contributed by atoms with Crippen molar-refractivity contribution >= 4 is 21.9 Å². The van der Waals surface area contributed by atoms with E-state index in [0.717, 1.165) is 4.47 Å². The number of nitrogens with zero attached hydrogens (tertiary/aromatic N) is 2. The van der Waals surface area contributed by atoms with Gasteiger partial charge in [0.15, 0.2) is 0 Å². The average Bonchev–Trinajstić information content (AvgIpc) is 2.32. The molecular weight excluding hydrogens is 311 g/mol. The SMILES string of the molecule is FC(F)(F)[C@H]1CC[C@@H](Nc2ncc(Br)cn2)CC1. The molecule has 0 radical (unpaired) electrons. The summed E-state index contributed by atoms with van der Waals surface area (Å²) < 4.78 is 38.2. The van der Waals surface area contributed by atoms with E-state index in [4.69, 9.17) is 0 Å². The van der Waals surface area contributed by atoms with Crippen molar-refractivity contribution < 1.29 is 13.2 Å². The van der Waals surface area contributed by atoms with Crippen molar-refractivity contribution in [3.8, 4) is 0 Å². The van der Waals surface area contributed by atoms with Crippen molar-refractivity contribution in [1.82, 2.24) is 9.97 Å². The van der Waals surface area contributed by atoms with Crippen molar-refractivity contribution in [2.45, 2.75) is 37.9 Å². The first-order valence-electron chi connectivity index (χ1n) is 5.76. The molecule has 3 nitrogen and oxygen atoms in total. The lowest BCUT2D eigenvalue weighted by Gasteiger charge is -2.30. The molecule has 100 valence electrons. The summed E-state index contributed by atoms with van der Waals surface area (Å²) in [6.07, 6.45) is 0.523. The van der Waals surface area contributed by atoms with Gasteiger partial charge in [-0.3, -0.25) is 0 Å². The second-order valence-corrected chi connectivity index (χ2v) is 5.38. The van der Waals surface area contributed by atoms with E-state index in [2.05, 4.69) is 31.2 Å². The van der Waals surface area contributed by atoms with Crippen LogP contribution in [0.4, 0.5) is 19.1 Å². The van der Waals surface area contributed by atoms with Crippen LogP contribution in [-0.4, -0.2) is 22.2 Å². The van der Waals surface area contributed by atoms with Crippen LogP contribution in [0, 0.1) is 5.92 Å². The highest BCUT2D eigenvalue weighted by Gasteiger charge is 2.41. The van der Waals surface area contributed by atoms with Gasteiger partial charge >= 0.3 is 6.18 Å². The van der Waals surface area contributed by atoms with Crippen molar-refractivity contribution in [3.05, 3.63) is 16.9 Å². The fraction of sp³-hybridized carbons (Fsp3) is 0.636. The second-order valence-electron chi connectivity index (χ2n) is 4.46. The number of aromatic nitrogens is 2. The van der Waals surface area contributed by atoms with Crippen LogP contribution in [0.2, 0.25) is 0 Å².